The zero-order valence-corrected chi connectivity index (χ0v) is 15.9. The molecule has 140 valence electrons. The minimum Gasteiger partial charge on any atom is -0.497 e. The van der Waals surface area contributed by atoms with E-state index in [1.807, 2.05) is 64.8 Å². The van der Waals surface area contributed by atoms with Gasteiger partial charge in [-0.1, -0.05) is 12.1 Å². The summed E-state index contributed by atoms with van der Waals surface area (Å²) in [5.74, 6) is -0.110. The number of carbonyl (C=O) groups is 2. The maximum atomic E-state index is 12.5. The Kier molecular flexibility index (Phi) is 5.93. The van der Waals surface area contributed by atoms with Gasteiger partial charge in [-0.25, -0.2) is 4.79 Å². The number of nitrogens with zero attached hydrogens (tertiary/aromatic N) is 1. The molecule has 1 N–H and O–H groups in total. The number of hydrogen-bond acceptors (Lipinski definition) is 5. The summed E-state index contributed by atoms with van der Waals surface area (Å²) >= 11 is 1.28. The topological polar surface area (TPSA) is 69.6 Å². The number of rotatable bonds is 7. The van der Waals surface area contributed by atoms with Crippen LogP contribution in [0.15, 0.2) is 60.2 Å². The summed E-state index contributed by atoms with van der Waals surface area (Å²) in [6.45, 7) is 1.91. The van der Waals surface area contributed by atoms with E-state index in [-0.39, 0.29) is 5.91 Å². The van der Waals surface area contributed by atoms with E-state index in [0.717, 1.165) is 17.0 Å². The van der Waals surface area contributed by atoms with Crippen LogP contribution in [0.4, 0.5) is 0 Å². The normalized spacial score (nSPS) is 11.6. The maximum absolute atomic E-state index is 12.5. The Morgan fingerprint density at radius 2 is 1.85 bits per heavy atom. The lowest BCUT2D eigenvalue weighted by molar-refractivity contribution is -0.129. The fourth-order valence-electron chi connectivity index (χ4n) is 2.50. The lowest BCUT2D eigenvalue weighted by Gasteiger charge is -2.14. The van der Waals surface area contributed by atoms with Gasteiger partial charge in [-0.2, -0.15) is 0 Å². The summed E-state index contributed by atoms with van der Waals surface area (Å²) < 4.78 is 12.3. The fourth-order valence-corrected chi connectivity index (χ4v) is 3.27. The highest BCUT2D eigenvalue weighted by Crippen LogP contribution is 2.22. The van der Waals surface area contributed by atoms with Crippen LogP contribution in [0, 0.1) is 0 Å². The van der Waals surface area contributed by atoms with Gasteiger partial charge in [0.25, 0.3) is 5.91 Å². The average Bonchev–Trinajstić information content (AvgIpc) is 3.37. The zero-order valence-electron chi connectivity index (χ0n) is 15.0. The molecule has 0 spiro atoms. The van der Waals surface area contributed by atoms with E-state index >= 15 is 0 Å². The summed E-state index contributed by atoms with van der Waals surface area (Å²) in [5, 5.41) is 4.59. The van der Waals surface area contributed by atoms with Crippen molar-refractivity contribution in [2.24, 2.45) is 0 Å². The Morgan fingerprint density at radius 3 is 2.52 bits per heavy atom. The van der Waals surface area contributed by atoms with Gasteiger partial charge < -0.3 is 19.4 Å². The van der Waals surface area contributed by atoms with Gasteiger partial charge in [0.05, 0.1) is 12.8 Å². The van der Waals surface area contributed by atoms with Crippen molar-refractivity contribution in [3.8, 4) is 11.4 Å². The number of ether oxygens (including phenoxy) is 2. The highest BCUT2D eigenvalue weighted by molar-refractivity contribution is 7.12. The van der Waals surface area contributed by atoms with E-state index in [1.165, 1.54) is 11.3 Å². The van der Waals surface area contributed by atoms with Crippen LogP contribution < -0.4 is 10.1 Å². The summed E-state index contributed by atoms with van der Waals surface area (Å²) in [4.78, 5) is 25.2. The molecule has 0 radical (unpaired) electrons. The first kappa shape index (κ1) is 18.7. The highest BCUT2D eigenvalue weighted by atomic mass is 32.1. The monoisotopic (exact) mass is 384 g/mol. The first-order valence-electron chi connectivity index (χ1n) is 8.41. The van der Waals surface area contributed by atoms with Gasteiger partial charge in [-0.3, -0.25) is 4.79 Å². The molecule has 27 heavy (non-hydrogen) atoms. The molecule has 0 aliphatic carbocycles. The molecule has 0 aliphatic heterocycles. The number of nitrogens with one attached hydrogen (secondary N) is 1. The number of aromatic nitrogens is 1. The molecule has 1 amide bonds. The number of benzene rings is 1. The summed E-state index contributed by atoms with van der Waals surface area (Å²) in [5.41, 5.74) is 1.66. The molecular weight excluding hydrogens is 364 g/mol. The van der Waals surface area contributed by atoms with Gasteiger partial charge in [-0.15, -0.1) is 11.3 Å². The number of amides is 1. The van der Waals surface area contributed by atoms with Crippen molar-refractivity contribution in [3.05, 3.63) is 70.7 Å². The predicted molar refractivity (Wildman–Crippen MR) is 103 cm³/mol. The number of methoxy groups -OCH3 is 1. The minimum atomic E-state index is -0.893. The van der Waals surface area contributed by atoms with E-state index in [9.17, 15) is 9.59 Å². The van der Waals surface area contributed by atoms with Crippen LogP contribution in [0.1, 0.15) is 22.2 Å². The maximum Gasteiger partial charge on any atom is 0.351 e. The van der Waals surface area contributed by atoms with Gasteiger partial charge in [0.2, 0.25) is 0 Å². The molecule has 0 fully saturated rings. The van der Waals surface area contributed by atoms with E-state index in [2.05, 4.69) is 5.32 Å². The third kappa shape index (κ3) is 4.57. The standard InChI is InChI=1S/C20H20N2O4S/c1-14(19(23)21-13-15-5-7-16(25-2)8-6-15)26-20(24)18-17(9-12-27-18)22-10-3-4-11-22/h3-12,14H,13H2,1-2H3,(H,21,23). The third-order valence-corrected chi connectivity index (χ3v) is 4.87. The molecule has 0 aliphatic rings. The molecule has 1 aromatic carbocycles. The average molecular weight is 384 g/mol. The SMILES string of the molecule is COc1ccc(CNC(=O)C(C)OC(=O)c2sccc2-n2cccc2)cc1. The number of hydrogen-bond donors (Lipinski definition) is 1. The number of esters is 1. The van der Waals surface area contributed by atoms with Gasteiger partial charge >= 0.3 is 5.97 Å². The Labute approximate surface area is 161 Å². The highest BCUT2D eigenvalue weighted by Gasteiger charge is 2.22. The Balaban J connectivity index is 1.56. The van der Waals surface area contributed by atoms with Crippen LogP contribution in [0.3, 0.4) is 0 Å². The van der Waals surface area contributed by atoms with Gasteiger partial charge in [0, 0.05) is 18.9 Å². The van der Waals surface area contributed by atoms with E-state index in [1.54, 1.807) is 14.0 Å². The quantitative estimate of drug-likeness (QED) is 0.634. The van der Waals surface area contributed by atoms with Crippen molar-refractivity contribution in [2.45, 2.75) is 19.6 Å². The Morgan fingerprint density at radius 1 is 1.15 bits per heavy atom. The summed E-state index contributed by atoms with van der Waals surface area (Å²) in [6.07, 6.45) is 2.81. The lowest BCUT2D eigenvalue weighted by atomic mass is 10.2. The molecule has 6 nitrogen and oxygen atoms in total. The molecule has 3 rings (SSSR count). The smallest absolute Gasteiger partial charge is 0.351 e. The molecule has 1 atom stereocenters. The van der Waals surface area contributed by atoms with Crippen molar-refractivity contribution >= 4 is 23.2 Å². The third-order valence-electron chi connectivity index (χ3n) is 3.99. The van der Waals surface area contributed by atoms with Crippen LogP contribution >= 0.6 is 11.3 Å². The van der Waals surface area contributed by atoms with Gasteiger partial charge in [-0.05, 0) is 48.2 Å². The van der Waals surface area contributed by atoms with Crippen molar-refractivity contribution < 1.29 is 19.1 Å². The molecule has 3 aromatic rings. The molecular formula is C20H20N2O4S. The van der Waals surface area contributed by atoms with Crippen molar-refractivity contribution in [1.29, 1.82) is 0 Å². The van der Waals surface area contributed by atoms with E-state index < -0.39 is 12.1 Å². The Bertz CT molecular complexity index is 900. The number of thiophene rings is 1. The summed E-state index contributed by atoms with van der Waals surface area (Å²) in [7, 11) is 1.60. The number of carbonyl (C=O) groups excluding carboxylic acids is 2. The van der Waals surface area contributed by atoms with Crippen LogP contribution in [0.2, 0.25) is 0 Å². The largest absolute Gasteiger partial charge is 0.497 e. The molecule has 0 saturated heterocycles. The fraction of sp³-hybridized carbons (Fsp3) is 0.200. The van der Waals surface area contributed by atoms with E-state index in [0.29, 0.717) is 11.4 Å². The minimum absolute atomic E-state index is 0.346. The Hall–Kier alpha value is -3.06. The molecule has 1 unspecified atom stereocenters. The predicted octanol–water partition coefficient (Wildman–Crippen LogP) is 3.41. The second kappa shape index (κ2) is 8.55. The zero-order chi connectivity index (χ0) is 19.2. The second-order valence-electron chi connectivity index (χ2n) is 5.84. The van der Waals surface area contributed by atoms with Gasteiger partial charge in [0.1, 0.15) is 10.6 Å². The lowest BCUT2D eigenvalue weighted by Crippen LogP contribution is -2.35. The first-order valence-corrected chi connectivity index (χ1v) is 9.29. The van der Waals surface area contributed by atoms with Crippen molar-refractivity contribution in [1.82, 2.24) is 9.88 Å². The van der Waals surface area contributed by atoms with Crippen LogP contribution in [-0.2, 0) is 16.1 Å². The van der Waals surface area contributed by atoms with E-state index in [4.69, 9.17) is 9.47 Å². The molecule has 0 bridgehead atoms. The molecule has 2 aromatic heterocycles. The van der Waals surface area contributed by atoms with Crippen molar-refractivity contribution in [2.75, 3.05) is 7.11 Å². The molecule has 0 saturated carbocycles. The van der Waals surface area contributed by atoms with Crippen LogP contribution in [-0.4, -0.2) is 29.7 Å². The van der Waals surface area contributed by atoms with Crippen molar-refractivity contribution in [3.63, 3.8) is 0 Å². The summed E-state index contributed by atoms with van der Waals surface area (Å²) in [6, 6.07) is 13.0. The van der Waals surface area contributed by atoms with Crippen LogP contribution in [0.25, 0.3) is 5.69 Å². The molecule has 7 heteroatoms. The van der Waals surface area contributed by atoms with Crippen LogP contribution in [0.5, 0.6) is 5.75 Å². The van der Waals surface area contributed by atoms with Gasteiger partial charge in [0.15, 0.2) is 6.10 Å². The first-order chi connectivity index (χ1) is 13.1. The second-order valence-corrected chi connectivity index (χ2v) is 6.75. The molecule has 2 heterocycles.